The highest BCUT2D eigenvalue weighted by molar-refractivity contribution is 7.10. The van der Waals surface area contributed by atoms with Crippen LogP contribution in [0.25, 0.3) is 0 Å². The van der Waals surface area contributed by atoms with Crippen molar-refractivity contribution < 1.29 is 14.3 Å². The lowest BCUT2D eigenvalue weighted by Gasteiger charge is -2.16. The Bertz CT molecular complexity index is 770. The lowest BCUT2D eigenvalue weighted by atomic mass is 10.1. The maximum Gasteiger partial charge on any atom is 0.307 e. The summed E-state index contributed by atoms with van der Waals surface area (Å²) in [7, 11) is 1.31. The summed E-state index contributed by atoms with van der Waals surface area (Å²) >= 11 is 1.44. The van der Waals surface area contributed by atoms with Gasteiger partial charge >= 0.3 is 5.97 Å². The molecule has 0 aromatic carbocycles. The summed E-state index contributed by atoms with van der Waals surface area (Å²) in [5.41, 5.74) is -0.100. The molecule has 7 nitrogen and oxygen atoms in total. The SMILES string of the molecule is CCCCn1nc(C(=O)NC(CC(=O)OC)c2cccs2)ccc1=O. The number of methoxy groups -OCH3 is 1. The van der Waals surface area contributed by atoms with Crippen LogP contribution in [-0.2, 0) is 16.1 Å². The first-order valence-electron chi connectivity index (χ1n) is 8.04. The van der Waals surface area contributed by atoms with Crippen molar-refractivity contribution >= 4 is 23.2 Å². The van der Waals surface area contributed by atoms with Crippen LogP contribution in [0.1, 0.15) is 47.6 Å². The van der Waals surface area contributed by atoms with Gasteiger partial charge in [0.15, 0.2) is 0 Å². The lowest BCUT2D eigenvalue weighted by Crippen LogP contribution is -2.33. The van der Waals surface area contributed by atoms with E-state index in [0.717, 1.165) is 17.7 Å². The number of hydrogen-bond donors (Lipinski definition) is 1. The molecule has 0 fully saturated rings. The summed E-state index contributed by atoms with van der Waals surface area (Å²) in [6.45, 7) is 2.48. The van der Waals surface area contributed by atoms with Gasteiger partial charge in [0.25, 0.3) is 11.5 Å². The van der Waals surface area contributed by atoms with Crippen molar-refractivity contribution in [1.29, 1.82) is 0 Å². The van der Waals surface area contributed by atoms with Crippen molar-refractivity contribution in [2.24, 2.45) is 0 Å². The molecule has 2 aromatic heterocycles. The van der Waals surface area contributed by atoms with Crippen LogP contribution in [0.15, 0.2) is 34.4 Å². The van der Waals surface area contributed by atoms with Crippen molar-refractivity contribution in [2.45, 2.75) is 38.8 Å². The van der Waals surface area contributed by atoms with Crippen LogP contribution < -0.4 is 10.9 Å². The van der Waals surface area contributed by atoms with E-state index in [1.165, 1.54) is 35.3 Å². The van der Waals surface area contributed by atoms with Crippen LogP contribution in [0, 0.1) is 0 Å². The number of aromatic nitrogens is 2. The maximum atomic E-state index is 12.5. The number of carbonyl (C=O) groups is 2. The fourth-order valence-corrected chi connectivity index (χ4v) is 3.01. The van der Waals surface area contributed by atoms with E-state index < -0.39 is 17.9 Å². The average Bonchev–Trinajstić information content (AvgIpc) is 3.14. The first-order chi connectivity index (χ1) is 12.0. The molecule has 1 atom stereocenters. The van der Waals surface area contributed by atoms with E-state index in [1.54, 1.807) is 0 Å². The third kappa shape index (κ3) is 5.25. The number of nitrogens with one attached hydrogen (secondary N) is 1. The molecule has 0 spiro atoms. The molecule has 0 aliphatic rings. The molecular formula is C17H21N3O4S. The average molecular weight is 363 g/mol. The first kappa shape index (κ1) is 18.9. The van der Waals surface area contributed by atoms with Gasteiger partial charge in [-0.2, -0.15) is 5.10 Å². The number of amides is 1. The molecule has 25 heavy (non-hydrogen) atoms. The number of carbonyl (C=O) groups excluding carboxylic acids is 2. The number of nitrogens with zero attached hydrogens (tertiary/aromatic N) is 2. The Morgan fingerprint density at radius 3 is 2.80 bits per heavy atom. The topological polar surface area (TPSA) is 90.3 Å². The predicted octanol–water partition coefficient (Wildman–Crippen LogP) is 2.14. The summed E-state index contributed by atoms with van der Waals surface area (Å²) in [5.74, 6) is -0.855. The number of rotatable bonds is 8. The van der Waals surface area contributed by atoms with Crippen LogP contribution in [-0.4, -0.2) is 28.8 Å². The van der Waals surface area contributed by atoms with E-state index in [4.69, 9.17) is 4.74 Å². The molecule has 2 aromatic rings. The Hall–Kier alpha value is -2.48. The largest absolute Gasteiger partial charge is 0.469 e. The Morgan fingerprint density at radius 1 is 1.36 bits per heavy atom. The molecular weight excluding hydrogens is 342 g/mol. The minimum atomic E-state index is -0.502. The van der Waals surface area contributed by atoms with E-state index in [9.17, 15) is 14.4 Å². The van der Waals surface area contributed by atoms with Crippen molar-refractivity contribution in [3.05, 3.63) is 50.6 Å². The monoisotopic (exact) mass is 363 g/mol. The predicted molar refractivity (Wildman–Crippen MR) is 94.6 cm³/mol. The number of hydrogen-bond acceptors (Lipinski definition) is 6. The second-order valence-electron chi connectivity index (χ2n) is 5.46. The van der Waals surface area contributed by atoms with E-state index in [2.05, 4.69) is 10.4 Å². The Labute approximate surface area is 149 Å². The van der Waals surface area contributed by atoms with E-state index in [0.29, 0.717) is 6.54 Å². The van der Waals surface area contributed by atoms with Crippen LogP contribution in [0.5, 0.6) is 0 Å². The van der Waals surface area contributed by atoms with Gasteiger partial charge in [-0.05, 0) is 23.9 Å². The zero-order chi connectivity index (χ0) is 18.2. The number of ether oxygens (including phenoxy) is 1. The molecule has 134 valence electrons. The summed E-state index contributed by atoms with van der Waals surface area (Å²) in [5, 5.41) is 8.79. The van der Waals surface area contributed by atoms with Gasteiger partial charge in [-0.25, -0.2) is 4.68 Å². The molecule has 8 heteroatoms. The van der Waals surface area contributed by atoms with Crippen molar-refractivity contribution in [2.75, 3.05) is 7.11 Å². The smallest absolute Gasteiger partial charge is 0.307 e. The molecule has 0 radical (unpaired) electrons. The molecule has 0 saturated heterocycles. The molecule has 1 N–H and O–H groups in total. The summed E-state index contributed by atoms with van der Waals surface area (Å²) in [6, 6.07) is 5.91. The Morgan fingerprint density at radius 2 is 2.16 bits per heavy atom. The zero-order valence-corrected chi connectivity index (χ0v) is 15.0. The minimum Gasteiger partial charge on any atom is -0.469 e. The van der Waals surface area contributed by atoms with Crippen molar-refractivity contribution in [3.63, 3.8) is 0 Å². The molecule has 0 aliphatic carbocycles. The maximum absolute atomic E-state index is 12.5. The number of thiophene rings is 1. The van der Waals surface area contributed by atoms with Gasteiger partial charge in [0.1, 0.15) is 5.69 Å². The minimum absolute atomic E-state index is 0.0260. The fraction of sp³-hybridized carbons (Fsp3) is 0.412. The summed E-state index contributed by atoms with van der Waals surface area (Å²) < 4.78 is 5.99. The van der Waals surface area contributed by atoms with Gasteiger partial charge in [-0.1, -0.05) is 19.4 Å². The molecule has 1 amide bonds. The Balaban J connectivity index is 2.17. The van der Waals surface area contributed by atoms with Gasteiger partial charge < -0.3 is 10.1 Å². The number of unbranched alkanes of at least 4 members (excludes halogenated alkanes) is 1. The fourth-order valence-electron chi connectivity index (χ4n) is 2.23. The van der Waals surface area contributed by atoms with E-state index in [-0.39, 0.29) is 17.7 Å². The quantitative estimate of drug-likeness (QED) is 0.726. The highest BCUT2D eigenvalue weighted by Crippen LogP contribution is 2.22. The normalized spacial score (nSPS) is 11.8. The van der Waals surface area contributed by atoms with Crippen LogP contribution in [0.4, 0.5) is 0 Å². The third-order valence-corrected chi connectivity index (χ3v) is 4.60. The number of aryl methyl sites for hydroxylation is 1. The second-order valence-corrected chi connectivity index (χ2v) is 6.43. The highest BCUT2D eigenvalue weighted by Gasteiger charge is 2.21. The van der Waals surface area contributed by atoms with Gasteiger partial charge in [-0.3, -0.25) is 14.4 Å². The van der Waals surface area contributed by atoms with E-state index >= 15 is 0 Å². The zero-order valence-electron chi connectivity index (χ0n) is 14.2. The molecule has 0 aliphatic heterocycles. The van der Waals surface area contributed by atoms with Crippen molar-refractivity contribution in [3.8, 4) is 0 Å². The molecule has 0 bridgehead atoms. The molecule has 0 saturated carbocycles. The standard InChI is InChI=1S/C17H21N3O4S/c1-3-4-9-20-15(21)8-7-12(19-20)17(23)18-13(11-16(22)24-2)14-6-5-10-25-14/h5-8,10,13H,3-4,9,11H2,1-2H3,(H,18,23). The third-order valence-electron chi connectivity index (χ3n) is 3.61. The second kappa shape index (κ2) is 9.12. The van der Waals surface area contributed by atoms with Crippen molar-refractivity contribution in [1.82, 2.24) is 15.1 Å². The summed E-state index contributed by atoms with van der Waals surface area (Å²) in [4.78, 5) is 36.8. The highest BCUT2D eigenvalue weighted by atomic mass is 32.1. The van der Waals surface area contributed by atoms with E-state index in [1.807, 2.05) is 24.4 Å². The molecule has 2 heterocycles. The van der Waals surface area contributed by atoms with Gasteiger partial charge in [0.2, 0.25) is 0 Å². The van der Waals surface area contributed by atoms with Crippen LogP contribution in [0.2, 0.25) is 0 Å². The van der Waals surface area contributed by atoms with Gasteiger partial charge in [-0.15, -0.1) is 11.3 Å². The Kier molecular flexibility index (Phi) is 6.88. The first-order valence-corrected chi connectivity index (χ1v) is 8.92. The van der Waals surface area contributed by atoms with Gasteiger partial charge in [0, 0.05) is 17.5 Å². The van der Waals surface area contributed by atoms with Crippen LogP contribution in [0.3, 0.4) is 0 Å². The summed E-state index contributed by atoms with van der Waals surface area (Å²) in [6.07, 6.45) is 1.75. The molecule has 2 rings (SSSR count). The lowest BCUT2D eigenvalue weighted by molar-refractivity contribution is -0.141. The number of esters is 1. The molecule has 1 unspecified atom stereocenters. The van der Waals surface area contributed by atoms with Crippen LogP contribution >= 0.6 is 11.3 Å². The van der Waals surface area contributed by atoms with Gasteiger partial charge in [0.05, 0.1) is 19.6 Å².